The van der Waals surface area contributed by atoms with E-state index in [4.69, 9.17) is 4.74 Å². The topological polar surface area (TPSA) is 109 Å². The first-order valence-corrected chi connectivity index (χ1v) is 18.3. The third-order valence-electron chi connectivity index (χ3n) is 7.52. The van der Waals surface area contributed by atoms with E-state index < -0.39 is 17.1 Å². The molecule has 3 amide bonds. The number of hydrogen-bond donors (Lipinski definition) is 3. The van der Waals surface area contributed by atoms with E-state index in [-0.39, 0.29) is 11.6 Å². The maximum absolute atomic E-state index is 13.7. The van der Waals surface area contributed by atoms with E-state index in [9.17, 15) is 14.4 Å². The molecule has 3 N–H and O–H groups in total. The highest BCUT2D eigenvalue weighted by Crippen LogP contribution is 2.37. The Bertz CT molecular complexity index is 2160. The third kappa shape index (κ3) is 9.61. The van der Waals surface area contributed by atoms with Crippen LogP contribution in [0, 0.1) is 0 Å². The van der Waals surface area contributed by atoms with Crippen LogP contribution in [0.5, 0.6) is 5.75 Å². The lowest BCUT2D eigenvalue weighted by Gasteiger charge is -2.17. The summed E-state index contributed by atoms with van der Waals surface area (Å²) in [4.78, 5) is 45.7. The molecule has 0 aliphatic heterocycles. The van der Waals surface area contributed by atoms with Gasteiger partial charge in [-0.05, 0) is 90.0 Å². The van der Waals surface area contributed by atoms with Gasteiger partial charge in [-0.3, -0.25) is 14.4 Å². The Morgan fingerprint density at radius 1 is 0.824 bits per heavy atom. The number of carbonyl (C=O) groups excluding carboxylic acids is 3. The van der Waals surface area contributed by atoms with Gasteiger partial charge < -0.3 is 20.7 Å². The van der Waals surface area contributed by atoms with Gasteiger partial charge in [0.05, 0.1) is 12.8 Å². The molecule has 0 radical (unpaired) electrons. The Morgan fingerprint density at radius 3 is 2.22 bits per heavy atom. The fraction of sp³-hybridized carbons (Fsp3) is 0.0500. The summed E-state index contributed by atoms with van der Waals surface area (Å²) < 4.78 is 6.09. The number of carbonyl (C=O) groups is 3. The minimum atomic E-state index is -0.576. The summed E-state index contributed by atoms with van der Waals surface area (Å²) in [5.74, 6) is -0.348. The number of nitrogens with one attached hydrogen (secondary N) is 3. The van der Waals surface area contributed by atoms with Crippen LogP contribution in [0.25, 0.3) is 17.3 Å². The molecule has 0 saturated heterocycles. The number of aromatic nitrogens is 1. The van der Waals surface area contributed by atoms with Gasteiger partial charge in [-0.25, -0.2) is 4.98 Å². The van der Waals surface area contributed by atoms with Crippen LogP contribution in [0.2, 0.25) is 0 Å². The number of thioether (sulfide) groups is 1. The zero-order valence-corrected chi connectivity index (χ0v) is 30.4. The van der Waals surface area contributed by atoms with Crippen molar-refractivity contribution in [2.24, 2.45) is 0 Å². The van der Waals surface area contributed by atoms with Crippen molar-refractivity contribution < 1.29 is 19.1 Å². The van der Waals surface area contributed by atoms with Gasteiger partial charge in [0.1, 0.15) is 16.7 Å². The Morgan fingerprint density at radius 2 is 1.53 bits per heavy atom. The molecule has 6 aromatic rings. The minimum absolute atomic E-state index is 0.0820. The molecule has 0 spiro atoms. The van der Waals surface area contributed by atoms with Crippen LogP contribution in [-0.2, 0) is 9.59 Å². The number of rotatable bonds is 12. The fourth-order valence-corrected chi connectivity index (χ4v) is 7.12. The zero-order chi connectivity index (χ0) is 35.6. The van der Waals surface area contributed by atoms with Crippen LogP contribution < -0.4 is 20.7 Å². The van der Waals surface area contributed by atoms with Crippen molar-refractivity contribution in [3.63, 3.8) is 0 Å². The molecule has 0 bridgehead atoms. The molecule has 1 unspecified atom stereocenters. The van der Waals surface area contributed by atoms with Crippen molar-refractivity contribution in [2.45, 2.75) is 10.1 Å². The SMILES string of the molecule is COc1ccc(-c2csc(NC(=O)C(Sc3ccc(NC(=O)/C(=C/c4cccc(Br)c4)NC(=O)c4ccccc4)cc3)c3ccccc3)n2)cc1. The number of thiazole rings is 1. The summed E-state index contributed by atoms with van der Waals surface area (Å²) in [6.07, 6.45) is 1.62. The molecule has 11 heteroatoms. The minimum Gasteiger partial charge on any atom is -0.497 e. The molecule has 0 fully saturated rings. The molecule has 0 aliphatic rings. The predicted molar refractivity (Wildman–Crippen MR) is 209 cm³/mol. The van der Waals surface area contributed by atoms with Crippen molar-refractivity contribution in [3.8, 4) is 17.0 Å². The van der Waals surface area contributed by atoms with E-state index in [0.717, 1.165) is 37.5 Å². The van der Waals surface area contributed by atoms with Gasteiger partial charge in [0.2, 0.25) is 5.91 Å². The third-order valence-corrected chi connectivity index (χ3v) is 10.0. The summed E-state index contributed by atoms with van der Waals surface area (Å²) in [5.41, 5.74) is 4.27. The molecule has 51 heavy (non-hydrogen) atoms. The number of anilines is 2. The van der Waals surface area contributed by atoms with Gasteiger partial charge in [0.25, 0.3) is 11.8 Å². The second-order valence-electron chi connectivity index (χ2n) is 11.1. The molecule has 0 saturated carbocycles. The number of methoxy groups -OCH3 is 1. The Balaban J connectivity index is 1.16. The lowest BCUT2D eigenvalue weighted by Crippen LogP contribution is -2.30. The molecular formula is C40H31BrN4O4S2. The standard InChI is InChI=1S/C40H31BrN4O4S2/c1-49-32-19-15-27(16-20-32)35-25-50-40(44-35)45-39(48)36(28-10-4-2-5-11-28)51-33-21-17-31(18-22-33)42-38(47)34(24-26-9-8-14-30(41)23-26)43-37(46)29-12-6-3-7-13-29/h2-25,36H,1H3,(H,42,47)(H,43,46)(H,44,45,48)/b34-24-. The maximum Gasteiger partial charge on any atom is 0.272 e. The molecule has 1 heterocycles. The number of benzene rings is 5. The first kappa shape index (κ1) is 35.3. The van der Waals surface area contributed by atoms with E-state index in [2.05, 4.69) is 36.9 Å². The van der Waals surface area contributed by atoms with Gasteiger partial charge in [-0.2, -0.15) is 0 Å². The highest BCUT2D eigenvalue weighted by molar-refractivity contribution is 9.10. The maximum atomic E-state index is 13.7. The molecular weight excluding hydrogens is 745 g/mol. The summed E-state index contributed by atoms with van der Waals surface area (Å²) in [7, 11) is 1.62. The zero-order valence-electron chi connectivity index (χ0n) is 27.2. The van der Waals surface area contributed by atoms with Gasteiger partial charge >= 0.3 is 0 Å². The molecule has 8 nitrogen and oxygen atoms in total. The van der Waals surface area contributed by atoms with Crippen LogP contribution in [0.4, 0.5) is 10.8 Å². The second-order valence-corrected chi connectivity index (χ2v) is 14.0. The summed E-state index contributed by atoms with van der Waals surface area (Å²) >= 11 is 6.20. The highest BCUT2D eigenvalue weighted by Gasteiger charge is 2.24. The first-order chi connectivity index (χ1) is 24.8. The van der Waals surface area contributed by atoms with E-state index in [0.29, 0.717) is 16.4 Å². The van der Waals surface area contributed by atoms with E-state index in [1.54, 1.807) is 49.6 Å². The van der Waals surface area contributed by atoms with Crippen molar-refractivity contribution in [1.29, 1.82) is 0 Å². The van der Waals surface area contributed by atoms with Crippen molar-refractivity contribution >= 4 is 73.6 Å². The van der Waals surface area contributed by atoms with Gasteiger partial charge in [-0.15, -0.1) is 23.1 Å². The van der Waals surface area contributed by atoms with Gasteiger partial charge in [-0.1, -0.05) is 76.6 Å². The van der Waals surface area contributed by atoms with E-state index in [1.807, 2.05) is 102 Å². The Hall–Kier alpha value is -5.49. The van der Waals surface area contributed by atoms with E-state index in [1.165, 1.54) is 23.1 Å². The van der Waals surface area contributed by atoms with Crippen LogP contribution in [0.15, 0.2) is 154 Å². The van der Waals surface area contributed by atoms with Crippen molar-refractivity contribution in [2.75, 3.05) is 17.7 Å². The fourth-order valence-electron chi connectivity index (χ4n) is 4.95. The number of ether oxygens (including phenoxy) is 1. The Kier molecular flexibility index (Phi) is 11.7. The molecule has 0 aliphatic carbocycles. The molecule has 5 aromatic carbocycles. The number of halogens is 1. The average Bonchev–Trinajstić information content (AvgIpc) is 3.63. The summed E-state index contributed by atoms with van der Waals surface area (Å²) in [6, 6.07) is 40.5. The first-order valence-electron chi connectivity index (χ1n) is 15.7. The van der Waals surface area contributed by atoms with Crippen molar-refractivity contribution in [3.05, 3.63) is 166 Å². The van der Waals surface area contributed by atoms with Crippen LogP contribution >= 0.6 is 39.0 Å². The van der Waals surface area contributed by atoms with E-state index >= 15 is 0 Å². The number of hydrogen-bond acceptors (Lipinski definition) is 7. The van der Waals surface area contributed by atoms with Gasteiger partial charge in [0.15, 0.2) is 5.13 Å². The van der Waals surface area contributed by atoms with Crippen molar-refractivity contribution in [1.82, 2.24) is 10.3 Å². The number of nitrogens with zero attached hydrogens (tertiary/aromatic N) is 1. The quantitative estimate of drug-likeness (QED) is 0.0845. The predicted octanol–water partition coefficient (Wildman–Crippen LogP) is 9.46. The lowest BCUT2D eigenvalue weighted by molar-refractivity contribution is -0.116. The highest BCUT2D eigenvalue weighted by atomic mass is 79.9. The number of amides is 3. The summed E-state index contributed by atoms with van der Waals surface area (Å²) in [6.45, 7) is 0. The average molecular weight is 776 g/mol. The monoisotopic (exact) mass is 774 g/mol. The second kappa shape index (κ2) is 16.9. The van der Waals surface area contributed by atoms with Crippen LogP contribution in [0.1, 0.15) is 26.7 Å². The van der Waals surface area contributed by atoms with Crippen LogP contribution in [0.3, 0.4) is 0 Å². The Labute approximate surface area is 312 Å². The smallest absolute Gasteiger partial charge is 0.272 e. The molecule has 254 valence electrons. The largest absolute Gasteiger partial charge is 0.497 e. The molecule has 1 atom stereocenters. The summed E-state index contributed by atoms with van der Waals surface area (Å²) in [5, 5.41) is 10.5. The normalized spacial score (nSPS) is 11.7. The lowest BCUT2D eigenvalue weighted by atomic mass is 10.1. The van der Waals surface area contributed by atoms with Gasteiger partial charge in [0, 0.05) is 31.6 Å². The van der Waals surface area contributed by atoms with Crippen LogP contribution in [-0.4, -0.2) is 29.8 Å². The molecule has 1 aromatic heterocycles. The molecule has 6 rings (SSSR count).